The van der Waals surface area contributed by atoms with Crippen molar-refractivity contribution in [3.63, 3.8) is 0 Å². The third-order valence-corrected chi connectivity index (χ3v) is 5.28. The number of aromatic carboxylic acids is 1. The molecule has 0 radical (unpaired) electrons. The van der Waals surface area contributed by atoms with Crippen LogP contribution < -0.4 is 10.2 Å². The lowest BCUT2D eigenvalue weighted by molar-refractivity contribution is 0.0690. The van der Waals surface area contributed by atoms with Crippen molar-refractivity contribution >= 4 is 34.5 Å². The minimum atomic E-state index is -1.07. The number of carboxylic acid groups (broad SMARTS) is 1. The molecule has 2 N–H and O–H groups in total. The summed E-state index contributed by atoms with van der Waals surface area (Å²) in [6.45, 7) is 2.65. The first kappa shape index (κ1) is 19.9. The van der Waals surface area contributed by atoms with E-state index in [0.29, 0.717) is 43.8 Å². The molecular formula is C22H21N7O3. The first-order valence-electron chi connectivity index (χ1n) is 10.2. The Kier molecular flexibility index (Phi) is 5.12. The normalized spacial score (nSPS) is 14.0. The van der Waals surface area contributed by atoms with Crippen molar-refractivity contribution in [2.75, 3.05) is 36.5 Å². The highest BCUT2D eigenvalue weighted by molar-refractivity contribution is 5.85. The number of pyridine rings is 1. The molecule has 32 heavy (non-hydrogen) atoms. The van der Waals surface area contributed by atoms with Gasteiger partial charge in [0.15, 0.2) is 0 Å². The van der Waals surface area contributed by atoms with Gasteiger partial charge in [0, 0.05) is 31.8 Å². The maximum atomic E-state index is 11.1. The van der Waals surface area contributed by atoms with Crippen molar-refractivity contribution in [1.29, 1.82) is 0 Å². The number of aryl methyl sites for hydroxylation is 1. The molecule has 10 nitrogen and oxygen atoms in total. The highest BCUT2D eigenvalue weighted by Gasteiger charge is 2.17. The van der Waals surface area contributed by atoms with E-state index in [1.54, 1.807) is 12.4 Å². The lowest BCUT2D eigenvalue weighted by Gasteiger charge is -2.27. The summed E-state index contributed by atoms with van der Waals surface area (Å²) in [6.07, 6.45) is 3.26. The van der Waals surface area contributed by atoms with Crippen LogP contribution in [0.4, 0.5) is 17.5 Å². The van der Waals surface area contributed by atoms with Crippen LogP contribution in [-0.2, 0) is 11.8 Å². The largest absolute Gasteiger partial charge is 0.477 e. The van der Waals surface area contributed by atoms with E-state index < -0.39 is 5.97 Å². The Morgan fingerprint density at radius 1 is 1.09 bits per heavy atom. The summed E-state index contributed by atoms with van der Waals surface area (Å²) in [5.74, 6) is 0.118. The van der Waals surface area contributed by atoms with Crippen molar-refractivity contribution in [1.82, 2.24) is 24.5 Å². The van der Waals surface area contributed by atoms with Gasteiger partial charge in [0.25, 0.3) is 0 Å². The van der Waals surface area contributed by atoms with E-state index in [1.165, 1.54) is 12.3 Å². The Balaban J connectivity index is 1.53. The van der Waals surface area contributed by atoms with Crippen LogP contribution in [0.3, 0.4) is 0 Å². The van der Waals surface area contributed by atoms with E-state index in [-0.39, 0.29) is 5.69 Å². The fourth-order valence-corrected chi connectivity index (χ4v) is 3.59. The molecule has 1 aromatic carbocycles. The molecule has 1 aliphatic rings. The van der Waals surface area contributed by atoms with Gasteiger partial charge in [0.2, 0.25) is 5.95 Å². The standard InChI is InChI=1S/C22H21N7O3/c1-28-13-24-18-10-14(2-5-19(18)28)17-11-20(25-15-3-4-16(21(30)31)23-12-15)27-22(26-17)29-6-8-32-9-7-29/h2-5,10-13H,6-9H2,1H3,(H,30,31)(H,25,26,27). The van der Waals surface area contributed by atoms with E-state index >= 15 is 0 Å². The van der Waals surface area contributed by atoms with Crippen molar-refractivity contribution in [3.8, 4) is 11.3 Å². The molecule has 1 saturated heterocycles. The molecule has 4 heterocycles. The number of benzene rings is 1. The predicted octanol–water partition coefficient (Wildman–Crippen LogP) is 2.70. The number of nitrogens with zero attached hydrogens (tertiary/aromatic N) is 6. The third kappa shape index (κ3) is 3.95. The van der Waals surface area contributed by atoms with E-state index in [2.05, 4.69) is 25.2 Å². The Morgan fingerprint density at radius 2 is 1.94 bits per heavy atom. The summed E-state index contributed by atoms with van der Waals surface area (Å²) in [7, 11) is 1.96. The number of hydrogen-bond acceptors (Lipinski definition) is 8. The molecular weight excluding hydrogens is 410 g/mol. The van der Waals surface area contributed by atoms with Crippen molar-refractivity contribution in [2.45, 2.75) is 0 Å². The van der Waals surface area contributed by atoms with Gasteiger partial charge in [-0.3, -0.25) is 0 Å². The zero-order valence-corrected chi connectivity index (χ0v) is 17.4. The van der Waals surface area contributed by atoms with Gasteiger partial charge >= 0.3 is 5.97 Å². The number of ether oxygens (including phenoxy) is 1. The first-order valence-corrected chi connectivity index (χ1v) is 10.2. The monoisotopic (exact) mass is 431 g/mol. The van der Waals surface area contributed by atoms with Gasteiger partial charge in [-0.15, -0.1) is 0 Å². The SMILES string of the molecule is Cn1cnc2cc(-c3cc(Nc4ccc(C(=O)O)nc4)nc(N4CCOCC4)n3)ccc21. The molecule has 0 unspecified atom stereocenters. The minimum absolute atomic E-state index is 0.0170. The highest BCUT2D eigenvalue weighted by atomic mass is 16.5. The van der Waals surface area contributed by atoms with Gasteiger partial charge in [0.1, 0.15) is 11.5 Å². The van der Waals surface area contributed by atoms with Crippen molar-refractivity contribution in [3.05, 3.63) is 54.6 Å². The maximum absolute atomic E-state index is 11.1. The second kappa shape index (κ2) is 8.23. The summed E-state index contributed by atoms with van der Waals surface area (Å²) in [5, 5.41) is 12.3. The Labute approximate surface area is 183 Å². The first-order chi connectivity index (χ1) is 15.6. The number of aromatic nitrogens is 5. The third-order valence-electron chi connectivity index (χ3n) is 5.28. The van der Waals surface area contributed by atoms with Gasteiger partial charge in [-0.2, -0.15) is 4.98 Å². The van der Waals surface area contributed by atoms with Crippen LogP contribution in [0.25, 0.3) is 22.3 Å². The average Bonchev–Trinajstić information content (AvgIpc) is 3.20. The minimum Gasteiger partial charge on any atom is -0.477 e. The Bertz CT molecular complexity index is 1280. The van der Waals surface area contributed by atoms with Crippen LogP contribution in [-0.4, -0.2) is 61.9 Å². The Morgan fingerprint density at radius 3 is 2.69 bits per heavy atom. The predicted molar refractivity (Wildman–Crippen MR) is 119 cm³/mol. The fraction of sp³-hybridized carbons (Fsp3) is 0.227. The number of imidazole rings is 1. The van der Waals surface area contributed by atoms with Crippen LogP contribution >= 0.6 is 0 Å². The van der Waals surface area contributed by atoms with Crippen LogP contribution in [0, 0.1) is 0 Å². The van der Waals surface area contributed by atoms with E-state index in [1.807, 2.05) is 35.9 Å². The number of nitrogens with one attached hydrogen (secondary N) is 1. The lowest BCUT2D eigenvalue weighted by Crippen LogP contribution is -2.37. The topological polar surface area (TPSA) is 118 Å². The van der Waals surface area contributed by atoms with Gasteiger partial charge in [-0.05, 0) is 24.3 Å². The van der Waals surface area contributed by atoms with Crippen LogP contribution in [0.15, 0.2) is 48.9 Å². The van der Waals surface area contributed by atoms with E-state index in [4.69, 9.17) is 14.8 Å². The molecule has 0 bridgehead atoms. The molecule has 0 atom stereocenters. The van der Waals surface area contributed by atoms with Gasteiger partial charge in [-0.25, -0.2) is 19.7 Å². The number of fused-ring (bicyclic) bond motifs is 1. The van der Waals surface area contributed by atoms with Crippen molar-refractivity contribution < 1.29 is 14.6 Å². The average molecular weight is 431 g/mol. The summed E-state index contributed by atoms with van der Waals surface area (Å²) in [5.41, 5.74) is 4.23. The van der Waals surface area contributed by atoms with Crippen LogP contribution in [0.1, 0.15) is 10.5 Å². The number of rotatable bonds is 5. The molecule has 10 heteroatoms. The van der Waals surface area contributed by atoms with Crippen molar-refractivity contribution in [2.24, 2.45) is 7.05 Å². The highest BCUT2D eigenvalue weighted by Crippen LogP contribution is 2.27. The van der Waals surface area contributed by atoms with Gasteiger partial charge in [0.05, 0.1) is 48.2 Å². The molecule has 4 aromatic rings. The lowest BCUT2D eigenvalue weighted by atomic mass is 10.1. The molecule has 0 spiro atoms. The van der Waals surface area contributed by atoms with Crippen LogP contribution in [0.2, 0.25) is 0 Å². The molecule has 162 valence electrons. The number of morpholine rings is 1. The summed E-state index contributed by atoms with van der Waals surface area (Å²) < 4.78 is 7.43. The maximum Gasteiger partial charge on any atom is 0.354 e. The van der Waals surface area contributed by atoms with Gasteiger partial charge in [-0.1, -0.05) is 6.07 Å². The van der Waals surface area contributed by atoms with Crippen LogP contribution in [0.5, 0.6) is 0 Å². The van der Waals surface area contributed by atoms with E-state index in [9.17, 15) is 4.79 Å². The quantitative estimate of drug-likeness (QED) is 0.492. The fourth-order valence-electron chi connectivity index (χ4n) is 3.59. The molecule has 1 fully saturated rings. The smallest absolute Gasteiger partial charge is 0.354 e. The molecule has 0 aliphatic carbocycles. The summed E-state index contributed by atoms with van der Waals surface area (Å²) in [4.78, 5) is 31.1. The second-order valence-corrected chi connectivity index (χ2v) is 7.46. The summed E-state index contributed by atoms with van der Waals surface area (Å²) in [6, 6.07) is 11.0. The number of carbonyl (C=O) groups is 1. The van der Waals surface area contributed by atoms with Gasteiger partial charge < -0.3 is 24.6 Å². The molecule has 0 amide bonds. The zero-order chi connectivity index (χ0) is 22.1. The molecule has 5 rings (SSSR count). The molecule has 3 aromatic heterocycles. The summed E-state index contributed by atoms with van der Waals surface area (Å²) >= 11 is 0. The number of carboxylic acids is 1. The van der Waals surface area contributed by atoms with E-state index in [0.717, 1.165) is 22.3 Å². The number of anilines is 3. The molecule has 0 saturated carbocycles. The zero-order valence-electron chi connectivity index (χ0n) is 17.4. The second-order valence-electron chi connectivity index (χ2n) is 7.46. The number of hydrogen-bond donors (Lipinski definition) is 2. The Hall–Kier alpha value is -4.05. The molecule has 1 aliphatic heterocycles.